The van der Waals surface area contributed by atoms with Crippen LogP contribution in [0.15, 0.2) is 52.9 Å². The standard InChI is InChI=1S/C19H14F6N4O2S2/c20-18(21,22)17(31,19(23,24)25)12-5-7-13(8-6-12)27-14(30)11-3-1-10(2-4-11)9-32-16-29-28-15(26)33-16/h1-8,31H,9H2,(H2,26,28)(H,27,30). The lowest BCUT2D eigenvalue weighted by molar-refractivity contribution is -0.376. The van der Waals surface area contributed by atoms with Crippen molar-refractivity contribution in [3.05, 3.63) is 65.2 Å². The molecule has 3 aromatic rings. The Labute approximate surface area is 190 Å². The summed E-state index contributed by atoms with van der Waals surface area (Å²) in [6.45, 7) is 0. The average molecular weight is 508 g/mol. The van der Waals surface area contributed by atoms with Crippen molar-refractivity contribution in [2.75, 3.05) is 11.1 Å². The number of nitrogens with two attached hydrogens (primary N) is 1. The number of amides is 1. The maximum Gasteiger partial charge on any atom is 0.430 e. The molecule has 176 valence electrons. The molecule has 0 saturated heterocycles. The molecular formula is C19H14F6N4O2S2. The summed E-state index contributed by atoms with van der Waals surface area (Å²) in [5.41, 5.74) is 0.0927. The van der Waals surface area contributed by atoms with Crippen molar-refractivity contribution in [2.45, 2.75) is 28.0 Å². The van der Waals surface area contributed by atoms with Crippen molar-refractivity contribution in [1.29, 1.82) is 0 Å². The molecule has 2 aromatic carbocycles. The zero-order valence-corrected chi connectivity index (χ0v) is 17.9. The normalized spacial score (nSPS) is 12.6. The molecule has 3 rings (SSSR count). The van der Waals surface area contributed by atoms with E-state index in [1.54, 1.807) is 12.1 Å². The van der Waals surface area contributed by atoms with Gasteiger partial charge >= 0.3 is 12.4 Å². The number of rotatable bonds is 6. The summed E-state index contributed by atoms with van der Waals surface area (Å²) in [4.78, 5) is 12.4. The van der Waals surface area contributed by atoms with E-state index in [0.29, 0.717) is 27.4 Å². The van der Waals surface area contributed by atoms with Crippen LogP contribution in [0.5, 0.6) is 0 Å². The fourth-order valence-corrected chi connectivity index (χ4v) is 4.25. The second-order valence-corrected chi connectivity index (χ2v) is 8.86. The third kappa shape index (κ3) is 5.39. The molecule has 0 radical (unpaired) electrons. The Morgan fingerprint density at radius 2 is 1.55 bits per heavy atom. The van der Waals surface area contributed by atoms with Crippen LogP contribution in [0.4, 0.5) is 37.2 Å². The number of aromatic nitrogens is 2. The summed E-state index contributed by atoms with van der Waals surface area (Å²) in [6, 6.07) is 8.99. The first kappa shape index (κ1) is 24.8. The summed E-state index contributed by atoms with van der Waals surface area (Å²) >= 11 is 2.64. The number of hydrogen-bond donors (Lipinski definition) is 3. The second kappa shape index (κ2) is 9.19. The van der Waals surface area contributed by atoms with Crippen LogP contribution in [-0.4, -0.2) is 33.6 Å². The Morgan fingerprint density at radius 3 is 2.03 bits per heavy atom. The molecule has 0 aliphatic rings. The lowest BCUT2D eigenvalue weighted by Crippen LogP contribution is -2.53. The maximum atomic E-state index is 13.0. The molecular weight excluding hydrogens is 494 g/mol. The highest BCUT2D eigenvalue weighted by Gasteiger charge is 2.71. The number of carbonyl (C=O) groups is 1. The number of nitrogens with one attached hydrogen (secondary N) is 1. The van der Waals surface area contributed by atoms with Crippen molar-refractivity contribution in [3.8, 4) is 0 Å². The molecule has 6 nitrogen and oxygen atoms in total. The fourth-order valence-electron chi connectivity index (χ4n) is 2.66. The number of nitrogens with zero attached hydrogens (tertiary/aromatic N) is 2. The van der Waals surface area contributed by atoms with Crippen molar-refractivity contribution in [2.24, 2.45) is 0 Å². The molecule has 33 heavy (non-hydrogen) atoms. The molecule has 1 amide bonds. The minimum Gasteiger partial charge on any atom is -0.374 e. The molecule has 0 spiro atoms. The fraction of sp³-hybridized carbons (Fsp3) is 0.211. The van der Waals surface area contributed by atoms with Gasteiger partial charge in [0.2, 0.25) is 5.13 Å². The summed E-state index contributed by atoms with van der Waals surface area (Å²) in [6.07, 6.45) is -12.0. The van der Waals surface area contributed by atoms with E-state index in [1.165, 1.54) is 35.2 Å². The monoisotopic (exact) mass is 508 g/mol. The van der Waals surface area contributed by atoms with Crippen molar-refractivity contribution in [1.82, 2.24) is 10.2 Å². The molecule has 0 aliphatic carbocycles. The first-order chi connectivity index (χ1) is 15.3. The number of anilines is 2. The molecule has 0 aliphatic heterocycles. The van der Waals surface area contributed by atoms with Crippen LogP contribution in [0.1, 0.15) is 21.5 Å². The highest BCUT2D eigenvalue weighted by molar-refractivity contribution is 8.00. The second-order valence-electron chi connectivity index (χ2n) is 6.63. The maximum absolute atomic E-state index is 13.0. The van der Waals surface area contributed by atoms with Gasteiger partial charge < -0.3 is 16.2 Å². The zero-order chi connectivity index (χ0) is 24.4. The van der Waals surface area contributed by atoms with E-state index in [2.05, 4.69) is 15.5 Å². The Kier molecular flexibility index (Phi) is 6.91. The number of halogens is 6. The molecule has 14 heteroatoms. The number of hydrogen-bond acceptors (Lipinski definition) is 7. The smallest absolute Gasteiger partial charge is 0.374 e. The van der Waals surface area contributed by atoms with Crippen molar-refractivity contribution in [3.63, 3.8) is 0 Å². The zero-order valence-electron chi connectivity index (χ0n) is 16.2. The topological polar surface area (TPSA) is 101 Å². The van der Waals surface area contributed by atoms with Gasteiger partial charge in [-0.3, -0.25) is 4.79 Å². The lowest BCUT2D eigenvalue weighted by Gasteiger charge is -2.32. The minimum atomic E-state index is -5.99. The van der Waals surface area contributed by atoms with Crippen LogP contribution in [-0.2, 0) is 11.4 Å². The number of benzene rings is 2. The van der Waals surface area contributed by atoms with Crippen LogP contribution in [0.3, 0.4) is 0 Å². The predicted octanol–water partition coefficient (Wildman–Crippen LogP) is 4.98. The Bertz CT molecular complexity index is 1100. The quantitative estimate of drug-likeness (QED) is 0.321. The van der Waals surface area contributed by atoms with Gasteiger partial charge in [0.25, 0.3) is 11.5 Å². The molecule has 0 fully saturated rings. The number of carbonyl (C=O) groups excluding carboxylic acids is 1. The SMILES string of the molecule is Nc1nnc(SCc2ccc(C(=O)Nc3ccc(C(O)(C(F)(F)F)C(F)(F)F)cc3)cc2)s1. The van der Waals surface area contributed by atoms with Gasteiger partial charge in [0.15, 0.2) is 4.34 Å². The van der Waals surface area contributed by atoms with E-state index < -0.39 is 29.4 Å². The van der Waals surface area contributed by atoms with Gasteiger partial charge in [-0.25, -0.2) is 0 Å². The third-order valence-electron chi connectivity index (χ3n) is 4.38. The summed E-state index contributed by atoms with van der Waals surface area (Å²) in [7, 11) is 0. The van der Waals surface area contributed by atoms with E-state index in [1.807, 2.05) is 0 Å². The molecule has 0 saturated carbocycles. The average Bonchev–Trinajstić information content (AvgIpc) is 3.16. The largest absolute Gasteiger partial charge is 0.430 e. The van der Waals surface area contributed by atoms with E-state index in [9.17, 15) is 36.2 Å². The van der Waals surface area contributed by atoms with E-state index in [0.717, 1.165) is 17.7 Å². The third-order valence-corrected chi connectivity index (χ3v) is 6.34. The van der Waals surface area contributed by atoms with Crippen LogP contribution in [0.25, 0.3) is 0 Å². The van der Waals surface area contributed by atoms with Crippen LogP contribution < -0.4 is 11.1 Å². The molecule has 1 aromatic heterocycles. The molecule has 1 heterocycles. The highest BCUT2D eigenvalue weighted by atomic mass is 32.2. The number of nitrogen functional groups attached to an aromatic ring is 1. The predicted molar refractivity (Wildman–Crippen MR) is 111 cm³/mol. The molecule has 0 unspecified atom stereocenters. The Balaban J connectivity index is 1.67. The highest BCUT2D eigenvalue weighted by Crippen LogP contribution is 2.50. The molecule has 4 N–H and O–H groups in total. The van der Waals surface area contributed by atoms with Crippen molar-refractivity contribution >= 4 is 39.8 Å². The van der Waals surface area contributed by atoms with E-state index in [-0.39, 0.29) is 11.3 Å². The van der Waals surface area contributed by atoms with Gasteiger partial charge in [0, 0.05) is 22.6 Å². The van der Waals surface area contributed by atoms with Crippen molar-refractivity contribution < 1.29 is 36.2 Å². The van der Waals surface area contributed by atoms with Gasteiger partial charge in [-0.1, -0.05) is 47.4 Å². The Hall–Kier alpha value is -2.84. The number of alkyl halides is 6. The molecule has 0 atom stereocenters. The first-order valence-corrected chi connectivity index (χ1v) is 10.7. The number of aliphatic hydroxyl groups is 1. The molecule has 0 bridgehead atoms. The van der Waals surface area contributed by atoms with Gasteiger partial charge in [-0.05, 0) is 29.8 Å². The minimum absolute atomic E-state index is 0.0519. The lowest BCUT2D eigenvalue weighted by atomic mass is 9.92. The summed E-state index contributed by atoms with van der Waals surface area (Å²) < 4.78 is 78.4. The first-order valence-electron chi connectivity index (χ1n) is 8.89. The van der Waals surface area contributed by atoms with Gasteiger partial charge in [-0.15, -0.1) is 10.2 Å². The van der Waals surface area contributed by atoms with E-state index in [4.69, 9.17) is 5.73 Å². The van der Waals surface area contributed by atoms with Crippen LogP contribution in [0, 0.1) is 0 Å². The van der Waals surface area contributed by atoms with Gasteiger partial charge in [0.1, 0.15) is 0 Å². The summed E-state index contributed by atoms with van der Waals surface area (Å²) in [5.74, 6) is -0.0833. The van der Waals surface area contributed by atoms with Gasteiger partial charge in [-0.2, -0.15) is 26.3 Å². The van der Waals surface area contributed by atoms with Gasteiger partial charge in [0.05, 0.1) is 0 Å². The van der Waals surface area contributed by atoms with E-state index >= 15 is 0 Å². The Morgan fingerprint density at radius 1 is 0.970 bits per heavy atom. The van der Waals surface area contributed by atoms with Crippen LogP contribution in [0.2, 0.25) is 0 Å². The summed E-state index contributed by atoms with van der Waals surface area (Å²) in [5, 5.41) is 19.7. The number of thioether (sulfide) groups is 1. The van der Waals surface area contributed by atoms with Crippen LogP contribution >= 0.6 is 23.1 Å².